The summed E-state index contributed by atoms with van der Waals surface area (Å²) in [5.41, 5.74) is 5.66. The minimum Gasteiger partial charge on any atom is -0.383 e. The van der Waals surface area contributed by atoms with E-state index in [1.54, 1.807) is 0 Å². The van der Waals surface area contributed by atoms with Crippen molar-refractivity contribution in [1.82, 2.24) is 4.90 Å². The number of nitrogens with zero attached hydrogens (tertiary/aromatic N) is 3. The molecule has 5 heteroatoms. The molecule has 0 aromatic carbocycles. The zero-order valence-electron chi connectivity index (χ0n) is 5.74. The van der Waals surface area contributed by atoms with Crippen LogP contribution >= 0.6 is 11.8 Å². The van der Waals surface area contributed by atoms with Gasteiger partial charge in [0, 0.05) is 6.54 Å². The van der Waals surface area contributed by atoms with Gasteiger partial charge in [0.2, 0.25) is 0 Å². The van der Waals surface area contributed by atoms with Crippen molar-refractivity contribution in [3.8, 4) is 6.07 Å². The smallest absolute Gasteiger partial charge is 0.170 e. The summed E-state index contributed by atoms with van der Waals surface area (Å²) in [6.07, 6.45) is 0. The molecule has 0 aromatic rings. The number of fused-ring (bicyclic) bond motifs is 1. The molecule has 2 aliphatic rings. The molecular weight excluding hydrogens is 160 g/mol. The van der Waals surface area contributed by atoms with E-state index in [2.05, 4.69) is 4.99 Å². The van der Waals surface area contributed by atoms with Crippen LogP contribution in [0.4, 0.5) is 0 Å². The molecule has 2 N–H and O–H groups in total. The Morgan fingerprint density at radius 3 is 3.18 bits per heavy atom. The monoisotopic (exact) mass is 166 g/mol. The van der Waals surface area contributed by atoms with Gasteiger partial charge in [-0.05, 0) is 11.8 Å². The van der Waals surface area contributed by atoms with Gasteiger partial charge in [0.25, 0.3) is 0 Å². The van der Waals surface area contributed by atoms with Crippen LogP contribution in [0, 0.1) is 11.3 Å². The van der Waals surface area contributed by atoms with E-state index in [9.17, 15) is 0 Å². The molecule has 56 valence electrons. The Bertz CT molecular complexity index is 298. The third-order valence-corrected chi connectivity index (χ3v) is 2.66. The number of amidine groups is 1. The molecule has 2 rings (SSSR count). The molecule has 4 nitrogen and oxygen atoms in total. The molecule has 2 aliphatic heterocycles. The van der Waals surface area contributed by atoms with Crippen molar-refractivity contribution < 1.29 is 0 Å². The second-order valence-corrected chi connectivity index (χ2v) is 3.22. The Morgan fingerprint density at radius 2 is 2.55 bits per heavy atom. The predicted octanol–water partition coefficient (Wildman–Crippen LogP) is 0.0562. The number of hydrogen-bond acceptors (Lipinski definition) is 5. The number of aliphatic imine (C=N–C) groups is 1. The summed E-state index contributed by atoms with van der Waals surface area (Å²) in [6.45, 7) is 1.61. The van der Waals surface area contributed by atoms with Gasteiger partial charge < -0.3 is 10.6 Å². The van der Waals surface area contributed by atoms with Crippen LogP contribution < -0.4 is 5.73 Å². The quantitative estimate of drug-likeness (QED) is 0.552. The van der Waals surface area contributed by atoms with Crippen LogP contribution in [-0.2, 0) is 0 Å². The molecule has 0 amide bonds. The largest absolute Gasteiger partial charge is 0.383 e. The third kappa shape index (κ3) is 0.795. The lowest BCUT2D eigenvalue weighted by Gasteiger charge is -2.10. The Labute approximate surface area is 68.4 Å². The van der Waals surface area contributed by atoms with Gasteiger partial charge in [-0.3, -0.25) is 4.99 Å². The first kappa shape index (κ1) is 6.55. The van der Waals surface area contributed by atoms with Crippen molar-refractivity contribution in [3.63, 3.8) is 0 Å². The molecule has 11 heavy (non-hydrogen) atoms. The van der Waals surface area contributed by atoms with E-state index >= 15 is 0 Å². The van der Waals surface area contributed by atoms with E-state index in [1.165, 1.54) is 11.8 Å². The number of nitriles is 1. The Morgan fingerprint density at radius 1 is 1.73 bits per heavy atom. The fraction of sp³-hybridized carbons (Fsp3) is 0.333. The summed E-state index contributed by atoms with van der Waals surface area (Å²) in [5.74, 6) is 0.564. The number of rotatable bonds is 0. The molecule has 0 aliphatic carbocycles. The van der Waals surface area contributed by atoms with Gasteiger partial charge in [-0.1, -0.05) is 0 Å². The molecule has 0 atom stereocenters. The van der Waals surface area contributed by atoms with E-state index in [1.807, 2.05) is 11.0 Å². The van der Waals surface area contributed by atoms with Gasteiger partial charge in [0.15, 0.2) is 5.17 Å². The average Bonchev–Trinajstić information content (AvgIpc) is 2.53. The summed E-state index contributed by atoms with van der Waals surface area (Å²) in [6, 6.07) is 2.04. The molecule has 0 unspecified atom stereocenters. The first-order valence-electron chi connectivity index (χ1n) is 3.22. The van der Waals surface area contributed by atoms with Crippen LogP contribution in [-0.4, -0.2) is 23.2 Å². The number of allylic oxidation sites excluding steroid dienone is 1. The van der Waals surface area contributed by atoms with E-state index in [0.29, 0.717) is 10.7 Å². The summed E-state index contributed by atoms with van der Waals surface area (Å²) >= 11 is 1.36. The molecule has 0 saturated carbocycles. The summed E-state index contributed by atoms with van der Waals surface area (Å²) in [4.78, 5) is 6.63. The summed E-state index contributed by atoms with van der Waals surface area (Å²) in [5, 5.41) is 9.48. The first-order chi connectivity index (χ1) is 5.33. The van der Waals surface area contributed by atoms with Crippen LogP contribution in [0.1, 0.15) is 0 Å². The van der Waals surface area contributed by atoms with Crippen molar-refractivity contribution in [1.29, 1.82) is 5.26 Å². The molecule has 2 heterocycles. The van der Waals surface area contributed by atoms with Crippen molar-refractivity contribution in [2.75, 3.05) is 13.1 Å². The maximum Gasteiger partial charge on any atom is 0.170 e. The second kappa shape index (κ2) is 2.17. The normalized spacial score (nSPS) is 21.7. The lowest BCUT2D eigenvalue weighted by Crippen LogP contribution is -2.25. The second-order valence-electron chi connectivity index (χ2n) is 2.24. The molecular formula is C6H6N4S. The number of thioether (sulfide) groups is 1. The van der Waals surface area contributed by atoms with E-state index in [4.69, 9.17) is 11.0 Å². The molecule has 0 bridgehead atoms. The standard InChI is InChI=1S/C6H6N4S/c7-3-4-5(8)10-2-1-9-6(10)11-4/h1-2,8H2. The van der Waals surface area contributed by atoms with Gasteiger partial charge in [-0.25, -0.2) is 0 Å². The van der Waals surface area contributed by atoms with E-state index in [0.717, 1.165) is 18.3 Å². The highest BCUT2D eigenvalue weighted by molar-refractivity contribution is 8.17. The zero-order chi connectivity index (χ0) is 7.84. The Hall–Kier alpha value is -1.15. The van der Waals surface area contributed by atoms with Gasteiger partial charge in [-0.15, -0.1) is 0 Å². The highest BCUT2D eigenvalue weighted by atomic mass is 32.2. The maximum atomic E-state index is 8.60. The molecule has 0 spiro atoms. The highest BCUT2D eigenvalue weighted by Crippen LogP contribution is 2.32. The molecule has 0 aromatic heterocycles. The zero-order valence-corrected chi connectivity index (χ0v) is 6.56. The van der Waals surface area contributed by atoms with Crippen LogP contribution in [0.25, 0.3) is 0 Å². The fourth-order valence-electron chi connectivity index (χ4n) is 1.08. The highest BCUT2D eigenvalue weighted by Gasteiger charge is 2.30. The molecule has 0 radical (unpaired) electrons. The van der Waals surface area contributed by atoms with Crippen molar-refractivity contribution >= 4 is 16.9 Å². The Kier molecular flexibility index (Phi) is 1.29. The lowest BCUT2D eigenvalue weighted by molar-refractivity contribution is 0.566. The third-order valence-electron chi connectivity index (χ3n) is 1.62. The van der Waals surface area contributed by atoms with Gasteiger partial charge >= 0.3 is 0 Å². The van der Waals surface area contributed by atoms with E-state index in [-0.39, 0.29) is 0 Å². The van der Waals surface area contributed by atoms with Crippen molar-refractivity contribution in [2.45, 2.75) is 0 Å². The fourth-order valence-corrected chi connectivity index (χ4v) is 1.98. The van der Waals surface area contributed by atoms with Crippen LogP contribution in [0.2, 0.25) is 0 Å². The van der Waals surface area contributed by atoms with Crippen LogP contribution in [0.5, 0.6) is 0 Å². The Balaban J connectivity index is 2.36. The lowest BCUT2D eigenvalue weighted by atomic mass is 10.5. The molecule has 0 fully saturated rings. The van der Waals surface area contributed by atoms with Crippen molar-refractivity contribution in [2.24, 2.45) is 10.7 Å². The SMILES string of the molecule is N#CC1=C(N)N2CCN=C2S1. The number of hydrogen-bond donors (Lipinski definition) is 1. The first-order valence-corrected chi connectivity index (χ1v) is 4.04. The molecule has 0 saturated heterocycles. The maximum absolute atomic E-state index is 8.60. The van der Waals surface area contributed by atoms with Crippen LogP contribution in [0.3, 0.4) is 0 Å². The van der Waals surface area contributed by atoms with E-state index < -0.39 is 0 Å². The number of nitrogens with two attached hydrogens (primary N) is 1. The van der Waals surface area contributed by atoms with Crippen LogP contribution in [0.15, 0.2) is 15.7 Å². The predicted molar refractivity (Wildman–Crippen MR) is 43.4 cm³/mol. The van der Waals surface area contributed by atoms with Gasteiger partial charge in [0.05, 0.1) is 6.54 Å². The summed E-state index contributed by atoms with van der Waals surface area (Å²) < 4.78 is 0. The minimum absolute atomic E-state index is 0.564. The summed E-state index contributed by atoms with van der Waals surface area (Å²) in [7, 11) is 0. The van der Waals surface area contributed by atoms with Crippen molar-refractivity contribution in [3.05, 3.63) is 10.7 Å². The van der Waals surface area contributed by atoms with Gasteiger partial charge in [-0.2, -0.15) is 5.26 Å². The topological polar surface area (TPSA) is 65.4 Å². The minimum atomic E-state index is 0.564. The van der Waals surface area contributed by atoms with Gasteiger partial charge in [0.1, 0.15) is 16.8 Å². The average molecular weight is 166 g/mol.